The lowest BCUT2D eigenvalue weighted by molar-refractivity contribution is 0.337. The van der Waals surface area contributed by atoms with Crippen molar-refractivity contribution >= 4 is 10.8 Å². The molecule has 1 aromatic heterocycles. The first-order chi connectivity index (χ1) is 14.7. The van der Waals surface area contributed by atoms with Crippen LogP contribution in [0.3, 0.4) is 0 Å². The molecule has 5 heteroatoms. The summed E-state index contributed by atoms with van der Waals surface area (Å²) < 4.78 is 20.4. The molecule has 30 heavy (non-hydrogen) atoms. The first-order valence-corrected chi connectivity index (χ1v) is 9.83. The van der Waals surface area contributed by atoms with Crippen molar-refractivity contribution in [2.24, 2.45) is 0 Å². The summed E-state index contributed by atoms with van der Waals surface area (Å²) in [5.41, 5.74) is 3.21. The van der Waals surface area contributed by atoms with Crippen LogP contribution in [0.2, 0.25) is 0 Å². The number of fused-ring (bicyclic) bond motifs is 1. The minimum atomic E-state index is -0.194. The van der Waals surface area contributed by atoms with Gasteiger partial charge >= 0.3 is 0 Å². The molecular formula is C25H20FN3O. The molecule has 0 aliphatic carbocycles. The summed E-state index contributed by atoms with van der Waals surface area (Å²) in [6.45, 7) is 2.47. The molecule has 0 bridgehead atoms. The van der Waals surface area contributed by atoms with Crippen LogP contribution in [0.5, 0.6) is 5.75 Å². The van der Waals surface area contributed by atoms with Crippen molar-refractivity contribution in [2.75, 3.05) is 6.61 Å². The average molecular weight is 397 g/mol. The fourth-order valence-electron chi connectivity index (χ4n) is 3.40. The number of ether oxygens (including phenoxy) is 1. The summed E-state index contributed by atoms with van der Waals surface area (Å²) in [6, 6.07) is 18.8. The number of aryl methyl sites for hydroxylation is 2. The van der Waals surface area contributed by atoms with Gasteiger partial charge in [-0.1, -0.05) is 36.4 Å². The average Bonchev–Trinajstić information content (AvgIpc) is 2.79. The van der Waals surface area contributed by atoms with Gasteiger partial charge < -0.3 is 4.74 Å². The van der Waals surface area contributed by atoms with Crippen molar-refractivity contribution in [3.05, 3.63) is 89.5 Å². The molecular weight excluding hydrogens is 377 g/mol. The molecule has 0 saturated carbocycles. The van der Waals surface area contributed by atoms with Crippen LogP contribution in [0.1, 0.15) is 23.6 Å². The van der Waals surface area contributed by atoms with Gasteiger partial charge in [0.2, 0.25) is 0 Å². The van der Waals surface area contributed by atoms with Crippen LogP contribution >= 0.6 is 0 Å². The maximum atomic E-state index is 15.1. The molecule has 0 unspecified atom stereocenters. The van der Waals surface area contributed by atoms with Crippen molar-refractivity contribution in [3.63, 3.8) is 0 Å². The Bertz CT molecular complexity index is 1210. The van der Waals surface area contributed by atoms with Gasteiger partial charge in [0.1, 0.15) is 5.82 Å². The molecule has 0 aliphatic heterocycles. The Hall–Kier alpha value is -3.78. The maximum Gasteiger partial charge on any atom is 0.159 e. The Morgan fingerprint density at radius 3 is 2.43 bits per heavy atom. The van der Waals surface area contributed by atoms with Crippen molar-refractivity contribution in [1.82, 2.24) is 9.97 Å². The van der Waals surface area contributed by atoms with Gasteiger partial charge in [-0.2, -0.15) is 5.26 Å². The number of nitrogens with zero attached hydrogens (tertiary/aromatic N) is 3. The van der Waals surface area contributed by atoms with E-state index in [0.717, 1.165) is 16.5 Å². The van der Waals surface area contributed by atoms with Gasteiger partial charge in [0.05, 0.1) is 30.6 Å². The zero-order valence-corrected chi connectivity index (χ0v) is 16.6. The monoisotopic (exact) mass is 397 g/mol. The van der Waals surface area contributed by atoms with Crippen LogP contribution < -0.4 is 4.74 Å². The molecule has 0 fully saturated rings. The number of benzene rings is 3. The van der Waals surface area contributed by atoms with Crippen LogP contribution in [0, 0.1) is 17.1 Å². The van der Waals surface area contributed by atoms with Gasteiger partial charge in [0.25, 0.3) is 0 Å². The van der Waals surface area contributed by atoms with E-state index >= 15 is 4.39 Å². The molecule has 0 N–H and O–H groups in total. The minimum Gasteiger partial charge on any atom is -0.491 e. The molecule has 1 heterocycles. The first kappa shape index (κ1) is 19.5. The molecule has 0 amide bonds. The van der Waals surface area contributed by atoms with Crippen LogP contribution in [0.25, 0.3) is 22.2 Å². The molecule has 3 aromatic carbocycles. The second-order valence-corrected chi connectivity index (χ2v) is 6.96. The van der Waals surface area contributed by atoms with Crippen molar-refractivity contribution in [1.29, 1.82) is 5.26 Å². The Kier molecular flexibility index (Phi) is 5.67. The Labute approximate surface area is 174 Å². The zero-order valence-electron chi connectivity index (χ0n) is 16.6. The van der Waals surface area contributed by atoms with E-state index < -0.39 is 0 Å². The van der Waals surface area contributed by atoms with E-state index in [1.807, 2.05) is 43.3 Å². The molecule has 4 rings (SSSR count). The van der Waals surface area contributed by atoms with Crippen LogP contribution in [0.15, 0.2) is 67.0 Å². The number of hydrogen-bond donors (Lipinski definition) is 0. The third-order valence-corrected chi connectivity index (χ3v) is 5.00. The summed E-state index contributed by atoms with van der Waals surface area (Å²) >= 11 is 0. The topological polar surface area (TPSA) is 58.8 Å². The molecule has 0 radical (unpaired) electrons. The maximum absolute atomic E-state index is 15.1. The normalized spacial score (nSPS) is 10.7. The second kappa shape index (κ2) is 8.71. The largest absolute Gasteiger partial charge is 0.491 e. The van der Waals surface area contributed by atoms with E-state index in [2.05, 4.69) is 16.0 Å². The van der Waals surface area contributed by atoms with Gasteiger partial charge in [0.15, 0.2) is 11.6 Å². The minimum absolute atomic E-state index is 0.194. The van der Waals surface area contributed by atoms with E-state index in [-0.39, 0.29) is 5.82 Å². The quantitative estimate of drug-likeness (QED) is 0.432. The summed E-state index contributed by atoms with van der Waals surface area (Å²) in [5, 5.41) is 10.3. The molecule has 0 saturated heterocycles. The lowest BCUT2D eigenvalue weighted by Crippen LogP contribution is -1.97. The number of nitriles is 1. The van der Waals surface area contributed by atoms with Gasteiger partial charge in [0, 0.05) is 10.9 Å². The highest BCUT2D eigenvalue weighted by Crippen LogP contribution is 2.27. The highest BCUT2D eigenvalue weighted by Gasteiger charge is 2.10. The third kappa shape index (κ3) is 4.13. The van der Waals surface area contributed by atoms with E-state index in [4.69, 9.17) is 10.00 Å². The molecule has 0 spiro atoms. The van der Waals surface area contributed by atoms with E-state index in [9.17, 15) is 0 Å². The Morgan fingerprint density at radius 1 is 0.967 bits per heavy atom. The Balaban J connectivity index is 1.55. The lowest BCUT2D eigenvalue weighted by Gasteiger charge is -2.09. The van der Waals surface area contributed by atoms with Crippen LogP contribution in [-0.4, -0.2) is 16.6 Å². The highest BCUT2D eigenvalue weighted by atomic mass is 19.1. The predicted molar refractivity (Wildman–Crippen MR) is 115 cm³/mol. The third-order valence-electron chi connectivity index (χ3n) is 5.00. The van der Waals surface area contributed by atoms with Crippen LogP contribution in [-0.2, 0) is 12.8 Å². The molecule has 4 aromatic rings. The summed E-state index contributed by atoms with van der Waals surface area (Å²) in [5.74, 6) is 1.01. The lowest BCUT2D eigenvalue weighted by atomic mass is 9.98. The fraction of sp³-hybridized carbons (Fsp3) is 0.160. The second-order valence-electron chi connectivity index (χ2n) is 6.96. The van der Waals surface area contributed by atoms with Crippen molar-refractivity contribution in [3.8, 4) is 23.2 Å². The number of rotatable bonds is 6. The SMILES string of the molecule is CCOc1cnc(-c2ccc3c(F)c(CCc4ccc(C#N)cc4)ccc3c2)nc1. The molecule has 0 atom stereocenters. The highest BCUT2D eigenvalue weighted by molar-refractivity contribution is 5.87. The summed E-state index contributed by atoms with van der Waals surface area (Å²) in [7, 11) is 0. The van der Waals surface area contributed by atoms with Gasteiger partial charge in [-0.25, -0.2) is 14.4 Å². The standard InChI is InChI=1S/C25H20FN3O/c1-2-30-22-15-28-25(29-16-22)21-11-12-23-20(13-21)10-9-19(24(23)26)8-7-17-3-5-18(14-27)6-4-17/h3-6,9-13,15-16H,2,7-8H2,1H3. The molecule has 0 aliphatic rings. The predicted octanol–water partition coefficient (Wildman–Crippen LogP) is 5.49. The summed E-state index contributed by atoms with van der Waals surface area (Å²) in [4.78, 5) is 8.68. The molecule has 148 valence electrons. The fourth-order valence-corrected chi connectivity index (χ4v) is 3.40. The number of hydrogen-bond acceptors (Lipinski definition) is 4. The van der Waals surface area contributed by atoms with E-state index in [1.54, 1.807) is 30.6 Å². The van der Waals surface area contributed by atoms with Crippen molar-refractivity contribution in [2.45, 2.75) is 19.8 Å². The van der Waals surface area contributed by atoms with E-state index in [1.165, 1.54) is 0 Å². The van der Waals surface area contributed by atoms with Gasteiger partial charge in [-0.05, 0) is 54.5 Å². The van der Waals surface area contributed by atoms with Crippen molar-refractivity contribution < 1.29 is 9.13 Å². The smallest absolute Gasteiger partial charge is 0.159 e. The zero-order chi connectivity index (χ0) is 20.9. The summed E-state index contributed by atoms with van der Waals surface area (Å²) in [6.07, 6.45) is 4.59. The first-order valence-electron chi connectivity index (χ1n) is 9.83. The van der Waals surface area contributed by atoms with Gasteiger partial charge in [-0.3, -0.25) is 0 Å². The number of halogens is 1. The van der Waals surface area contributed by atoms with E-state index in [0.29, 0.717) is 47.5 Å². The molecule has 4 nitrogen and oxygen atoms in total. The Morgan fingerprint density at radius 2 is 1.73 bits per heavy atom. The number of aromatic nitrogens is 2. The van der Waals surface area contributed by atoms with Gasteiger partial charge in [-0.15, -0.1) is 0 Å². The van der Waals surface area contributed by atoms with Crippen LogP contribution in [0.4, 0.5) is 4.39 Å².